The van der Waals surface area contributed by atoms with Gasteiger partial charge < -0.3 is 15.2 Å². The average molecular weight is 476 g/mol. The number of likely N-dealkylation sites (N-methyl/N-ethyl adjacent to an activating group) is 1. The molecule has 2 aliphatic rings. The molecule has 0 unspecified atom stereocenters. The molecule has 4 heterocycles. The van der Waals surface area contributed by atoms with Crippen LogP contribution in [-0.4, -0.2) is 67.2 Å². The minimum absolute atomic E-state index is 0.00688. The zero-order chi connectivity index (χ0) is 23.4. The molecule has 0 bridgehead atoms. The molecule has 11 heteroatoms. The number of anilines is 1. The average Bonchev–Trinajstić information content (AvgIpc) is 3.34. The number of aromatic nitrogens is 2. The van der Waals surface area contributed by atoms with Crippen LogP contribution in [0.2, 0.25) is 0 Å². The lowest BCUT2D eigenvalue weighted by molar-refractivity contribution is -0.127. The molecule has 8 nitrogen and oxygen atoms in total. The van der Waals surface area contributed by atoms with Crippen molar-refractivity contribution in [3.63, 3.8) is 0 Å². The van der Waals surface area contributed by atoms with Crippen LogP contribution in [0.1, 0.15) is 12.8 Å². The van der Waals surface area contributed by atoms with Gasteiger partial charge in [-0.15, -0.1) is 0 Å². The first-order valence-electron chi connectivity index (χ1n) is 10.6. The monoisotopic (exact) mass is 475 g/mol. The van der Waals surface area contributed by atoms with E-state index in [1.54, 1.807) is 29.3 Å². The highest BCUT2D eigenvalue weighted by molar-refractivity contribution is 7.89. The summed E-state index contributed by atoms with van der Waals surface area (Å²) in [5.74, 6) is -3.16. The van der Waals surface area contributed by atoms with Gasteiger partial charge in [-0.25, -0.2) is 17.2 Å². The number of carbonyl (C=O) groups excluding carboxylic acids is 1. The normalized spacial score (nSPS) is 20.7. The molecule has 1 aromatic carbocycles. The molecule has 2 aromatic heterocycles. The maximum Gasteiger partial charge on any atom is 0.266 e. The number of sulfonamides is 1. The summed E-state index contributed by atoms with van der Waals surface area (Å²) in [6, 6.07) is 9.11. The second kappa shape index (κ2) is 7.77. The molecule has 2 fully saturated rings. The van der Waals surface area contributed by atoms with Gasteiger partial charge in [-0.3, -0.25) is 9.78 Å². The third kappa shape index (κ3) is 3.74. The number of nitrogens with zero attached hydrogens (tertiary/aromatic N) is 3. The number of aromatic amines is 1. The SMILES string of the molecule is CNC(=O)[C@@H]1CCN1S(=O)(=O)c1ccc(N2CCC(F)(F)C2)c(-c2cc3ncccc3[nH]2)c1. The van der Waals surface area contributed by atoms with E-state index < -0.39 is 28.5 Å². The minimum atomic E-state index is -3.95. The van der Waals surface area contributed by atoms with E-state index in [4.69, 9.17) is 0 Å². The summed E-state index contributed by atoms with van der Waals surface area (Å²) in [6.07, 6.45) is 1.83. The number of benzene rings is 1. The van der Waals surface area contributed by atoms with Gasteiger partial charge >= 0.3 is 0 Å². The van der Waals surface area contributed by atoms with Gasteiger partial charge in [0.05, 0.1) is 28.2 Å². The number of rotatable bonds is 5. The van der Waals surface area contributed by atoms with Gasteiger partial charge in [0.1, 0.15) is 6.04 Å². The fourth-order valence-corrected chi connectivity index (χ4v) is 6.08. The zero-order valence-electron chi connectivity index (χ0n) is 17.9. The Hall–Kier alpha value is -3.05. The second-order valence-electron chi connectivity index (χ2n) is 8.36. The molecule has 3 aromatic rings. The lowest BCUT2D eigenvalue weighted by Crippen LogP contribution is -2.57. The van der Waals surface area contributed by atoms with Gasteiger partial charge in [0, 0.05) is 44.0 Å². The van der Waals surface area contributed by atoms with E-state index in [0.717, 1.165) is 5.52 Å². The number of fused-ring (bicyclic) bond motifs is 1. The van der Waals surface area contributed by atoms with E-state index in [1.165, 1.54) is 23.5 Å². The van der Waals surface area contributed by atoms with Crippen LogP contribution < -0.4 is 10.2 Å². The Morgan fingerprint density at radius 2 is 2.06 bits per heavy atom. The molecule has 2 N–H and O–H groups in total. The molecule has 5 rings (SSSR count). The minimum Gasteiger partial charge on any atom is -0.365 e. The van der Waals surface area contributed by atoms with E-state index in [-0.39, 0.29) is 30.3 Å². The molecule has 0 aliphatic carbocycles. The van der Waals surface area contributed by atoms with Crippen molar-refractivity contribution in [1.29, 1.82) is 0 Å². The first-order valence-corrected chi connectivity index (χ1v) is 12.1. The fourth-order valence-electron chi connectivity index (χ4n) is 4.42. The van der Waals surface area contributed by atoms with Crippen LogP contribution in [0.15, 0.2) is 47.5 Å². The van der Waals surface area contributed by atoms with E-state index >= 15 is 0 Å². The Morgan fingerprint density at radius 3 is 2.70 bits per heavy atom. The molecule has 0 saturated carbocycles. The van der Waals surface area contributed by atoms with Crippen molar-refractivity contribution in [3.05, 3.63) is 42.6 Å². The summed E-state index contributed by atoms with van der Waals surface area (Å²) in [6.45, 7) is -0.0307. The first kappa shape index (κ1) is 21.8. The van der Waals surface area contributed by atoms with Crippen molar-refractivity contribution in [2.45, 2.75) is 29.7 Å². The predicted molar refractivity (Wildman–Crippen MR) is 120 cm³/mol. The van der Waals surface area contributed by atoms with Crippen LogP contribution in [0.25, 0.3) is 22.3 Å². The topological polar surface area (TPSA) is 98.4 Å². The number of hydrogen-bond donors (Lipinski definition) is 2. The lowest BCUT2D eigenvalue weighted by atomic mass is 10.1. The lowest BCUT2D eigenvalue weighted by Gasteiger charge is -2.38. The fraction of sp³-hybridized carbons (Fsp3) is 0.364. The van der Waals surface area contributed by atoms with Crippen LogP contribution in [0.4, 0.5) is 14.5 Å². The van der Waals surface area contributed by atoms with Crippen LogP contribution in [0.5, 0.6) is 0 Å². The molecule has 1 atom stereocenters. The zero-order valence-corrected chi connectivity index (χ0v) is 18.7. The highest BCUT2D eigenvalue weighted by atomic mass is 32.2. The van der Waals surface area contributed by atoms with E-state index in [1.807, 2.05) is 6.07 Å². The van der Waals surface area contributed by atoms with Crippen LogP contribution in [0.3, 0.4) is 0 Å². The van der Waals surface area contributed by atoms with Gasteiger partial charge in [-0.05, 0) is 42.8 Å². The van der Waals surface area contributed by atoms with Crippen molar-refractivity contribution in [3.8, 4) is 11.3 Å². The summed E-state index contributed by atoms with van der Waals surface area (Å²) < 4.78 is 55.7. The standard InChI is InChI=1S/C22H23F2N5O3S/c1-25-21(30)20-6-9-29(20)33(31,32)14-4-5-19(28-10-7-22(23,24)13-28)15(11-14)17-12-18-16(27-17)3-2-8-26-18/h2-5,8,11-12,20,27H,6-7,9-10,13H2,1H3,(H,25,30)/t20-/m0/s1. The van der Waals surface area contributed by atoms with Gasteiger partial charge in [0.2, 0.25) is 15.9 Å². The molecular weight excluding hydrogens is 452 g/mol. The number of pyridine rings is 1. The Labute approximate surface area is 189 Å². The third-order valence-corrected chi connectivity index (χ3v) is 8.19. The Morgan fingerprint density at radius 1 is 1.24 bits per heavy atom. The van der Waals surface area contributed by atoms with Crippen LogP contribution in [-0.2, 0) is 14.8 Å². The second-order valence-corrected chi connectivity index (χ2v) is 10.3. The van der Waals surface area contributed by atoms with Crippen molar-refractivity contribution in [2.24, 2.45) is 0 Å². The number of halogens is 2. The molecule has 0 radical (unpaired) electrons. The summed E-state index contributed by atoms with van der Waals surface area (Å²) in [5, 5.41) is 2.49. The van der Waals surface area contributed by atoms with Crippen LogP contribution in [0, 0.1) is 0 Å². The molecule has 1 amide bonds. The Kier molecular flexibility index (Phi) is 5.13. The first-order chi connectivity index (χ1) is 15.7. The van der Waals surface area contributed by atoms with Crippen molar-refractivity contribution in [1.82, 2.24) is 19.6 Å². The van der Waals surface area contributed by atoms with Crippen molar-refractivity contribution in [2.75, 3.05) is 31.6 Å². The summed E-state index contributed by atoms with van der Waals surface area (Å²) in [7, 11) is -2.49. The molecule has 2 saturated heterocycles. The Balaban J connectivity index is 1.60. The molecular formula is C22H23F2N5O3S. The largest absolute Gasteiger partial charge is 0.365 e. The summed E-state index contributed by atoms with van der Waals surface area (Å²) in [4.78, 5) is 21.2. The van der Waals surface area contributed by atoms with Crippen molar-refractivity contribution < 1.29 is 22.0 Å². The summed E-state index contributed by atoms with van der Waals surface area (Å²) in [5.41, 5.74) is 3.02. The van der Waals surface area contributed by atoms with Gasteiger partial charge in [-0.1, -0.05) is 0 Å². The molecule has 2 aliphatic heterocycles. The number of amides is 1. The van der Waals surface area contributed by atoms with Gasteiger partial charge in [0.15, 0.2) is 0 Å². The van der Waals surface area contributed by atoms with Gasteiger partial charge in [-0.2, -0.15) is 4.31 Å². The number of alkyl halides is 2. The number of H-pyrrole nitrogens is 1. The Bertz CT molecular complexity index is 1310. The van der Waals surface area contributed by atoms with E-state index in [9.17, 15) is 22.0 Å². The highest BCUT2D eigenvalue weighted by Gasteiger charge is 2.43. The predicted octanol–water partition coefficient (Wildman–Crippen LogP) is 2.58. The van der Waals surface area contributed by atoms with Crippen LogP contribution >= 0.6 is 0 Å². The van der Waals surface area contributed by atoms with Crippen molar-refractivity contribution >= 4 is 32.7 Å². The highest BCUT2D eigenvalue weighted by Crippen LogP contribution is 2.39. The molecule has 0 spiro atoms. The van der Waals surface area contributed by atoms with E-state index in [2.05, 4.69) is 15.3 Å². The number of nitrogens with one attached hydrogen (secondary N) is 2. The number of carbonyl (C=O) groups is 1. The smallest absolute Gasteiger partial charge is 0.266 e. The van der Waals surface area contributed by atoms with E-state index in [0.29, 0.717) is 28.9 Å². The molecule has 174 valence electrons. The quantitative estimate of drug-likeness (QED) is 0.591. The third-order valence-electron chi connectivity index (χ3n) is 6.28. The molecule has 33 heavy (non-hydrogen) atoms. The van der Waals surface area contributed by atoms with Gasteiger partial charge in [0.25, 0.3) is 5.92 Å². The maximum absolute atomic E-state index is 14.0. The number of hydrogen-bond acceptors (Lipinski definition) is 5. The summed E-state index contributed by atoms with van der Waals surface area (Å²) >= 11 is 0. The maximum atomic E-state index is 14.0.